The lowest BCUT2D eigenvalue weighted by atomic mass is 9.63. The van der Waals surface area contributed by atoms with Crippen molar-refractivity contribution in [2.24, 2.45) is 11.3 Å². The second-order valence-corrected chi connectivity index (χ2v) is 10.6. The third-order valence-corrected chi connectivity index (χ3v) is 8.02. The summed E-state index contributed by atoms with van der Waals surface area (Å²) in [7, 11) is 3.60. The maximum atomic E-state index is 13.4. The lowest BCUT2D eigenvalue weighted by Gasteiger charge is -2.43. The fraction of sp³-hybridized carbons (Fsp3) is 0.955. The maximum absolute atomic E-state index is 13.4. The van der Waals surface area contributed by atoms with Crippen molar-refractivity contribution >= 4 is 5.97 Å². The predicted molar refractivity (Wildman–Crippen MR) is 105 cm³/mol. The van der Waals surface area contributed by atoms with Crippen LogP contribution in [-0.4, -0.2) is 79.9 Å². The summed E-state index contributed by atoms with van der Waals surface area (Å²) in [5, 5.41) is 0. The zero-order valence-electron chi connectivity index (χ0n) is 18.9. The van der Waals surface area contributed by atoms with Crippen molar-refractivity contribution in [3.63, 3.8) is 0 Å². The number of esters is 1. The van der Waals surface area contributed by atoms with E-state index in [9.17, 15) is 4.79 Å². The van der Waals surface area contributed by atoms with Crippen LogP contribution < -0.4 is 0 Å². The molecule has 0 amide bonds. The number of carbonyl (C=O) groups excluding carboxylic acids is 1. The molecule has 4 aliphatic heterocycles. The Kier molecular flexibility index (Phi) is 4.66. The van der Waals surface area contributed by atoms with Gasteiger partial charge in [-0.1, -0.05) is 12.8 Å². The Morgan fingerprint density at radius 2 is 1.70 bits per heavy atom. The van der Waals surface area contributed by atoms with Gasteiger partial charge in [0.2, 0.25) is 0 Å². The highest BCUT2D eigenvalue weighted by Gasteiger charge is 2.77. The summed E-state index contributed by atoms with van der Waals surface area (Å²) in [5.41, 5.74) is -0.895. The van der Waals surface area contributed by atoms with Gasteiger partial charge in [-0.05, 0) is 47.6 Å². The van der Waals surface area contributed by atoms with Crippen LogP contribution in [0, 0.1) is 11.3 Å². The van der Waals surface area contributed by atoms with Gasteiger partial charge in [0.15, 0.2) is 17.9 Å². The Balaban J connectivity index is 1.63. The highest BCUT2D eigenvalue weighted by Crippen LogP contribution is 2.64. The van der Waals surface area contributed by atoms with E-state index in [1.165, 1.54) is 7.11 Å². The standard InChI is InChI=1S/C22H35NO7/c1-19(2)26-11-13(28-19)15-22(16-18(27-15)30-20(3,4)29-16)12-23(5)21(9-7-8-10-21)14(22)17(24)25-6/h13-16,18H,7-12H2,1-6H3/t13-,14+,15+,16-,18+,22-/m0/s1. The first-order valence-electron chi connectivity index (χ1n) is 11.2. The molecule has 0 aromatic carbocycles. The van der Waals surface area contributed by atoms with E-state index < -0.39 is 29.4 Å². The molecule has 5 rings (SSSR count). The molecule has 0 unspecified atom stereocenters. The van der Waals surface area contributed by atoms with Crippen molar-refractivity contribution in [2.45, 2.75) is 95.1 Å². The number of rotatable bonds is 2. The molecule has 0 radical (unpaired) electrons. The highest BCUT2D eigenvalue weighted by molar-refractivity contribution is 5.76. The van der Waals surface area contributed by atoms with Gasteiger partial charge in [0.05, 0.1) is 31.2 Å². The van der Waals surface area contributed by atoms with Crippen molar-refractivity contribution < 1.29 is 33.2 Å². The van der Waals surface area contributed by atoms with Crippen LogP contribution in [0.1, 0.15) is 53.4 Å². The van der Waals surface area contributed by atoms with Gasteiger partial charge in [0, 0.05) is 12.1 Å². The SMILES string of the molecule is COC(=O)[C@@H]1C2(CCCC2)N(C)C[C@@]12[C@@H]([C@@H]1COC(C)(C)O1)O[C@@H]1OC(C)(C)O[C@@H]12. The second kappa shape index (κ2) is 6.62. The predicted octanol–water partition coefficient (Wildman–Crippen LogP) is 2.05. The summed E-state index contributed by atoms with van der Waals surface area (Å²) >= 11 is 0. The Labute approximate surface area is 178 Å². The van der Waals surface area contributed by atoms with Crippen LogP contribution in [0.4, 0.5) is 0 Å². The molecule has 0 aromatic heterocycles. The molecular weight excluding hydrogens is 390 g/mol. The topological polar surface area (TPSA) is 75.7 Å². The first-order valence-corrected chi connectivity index (χ1v) is 11.2. The quantitative estimate of drug-likeness (QED) is 0.623. The molecule has 4 heterocycles. The number of hydrogen-bond donors (Lipinski definition) is 0. The van der Waals surface area contributed by atoms with Crippen LogP contribution in [-0.2, 0) is 33.2 Å². The lowest BCUT2D eigenvalue weighted by molar-refractivity contribution is -0.241. The lowest BCUT2D eigenvalue weighted by Crippen LogP contribution is -2.57. The van der Waals surface area contributed by atoms with Crippen molar-refractivity contribution in [3.05, 3.63) is 0 Å². The molecule has 0 aromatic rings. The molecule has 8 nitrogen and oxygen atoms in total. The molecule has 30 heavy (non-hydrogen) atoms. The molecule has 4 saturated heterocycles. The van der Waals surface area contributed by atoms with E-state index in [-0.39, 0.29) is 29.6 Å². The van der Waals surface area contributed by atoms with Gasteiger partial charge in [0.1, 0.15) is 12.2 Å². The minimum absolute atomic E-state index is 0.193. The smallest absolute Gasteiger partial charge is 0.311 e. The van der Waals surface area contributed by atoms with E-state index in [1.54, 1.807) is 0 Å². The summed E-state index contributed by atoms with van der Waals surface area (Å²) < 4.78 is 36.7. The Hall–Kier alpha value is -0.770. The van der Waals surface area contributed by atoms with Gasteiger partial charge in [-0.3, -0.25) is 9.69 Å². The molecule has 8 heteroatoms. The Morgan fingerprint density at radius 1 is 1.00 bits per heavy atom. The highest BCUT2D eigenvalue weighted by atomic mass is 16.8. The molecule has 2 spiro atoms. The van der Waals surface area contributed by atoms with Crippen LogP contribution in [0.2, 0.25) is 0 Å². The summed E-state index contributed by atoms with van der Waals surface area (Å²) in [5.74, 6) is -2.04. The molecule has 170 valence electrons. The summed E-state index contributed by atoms with van der Waals surface area (Å²) in [6.07, 6.45) is 2.51. The van der Waals surface area contributed by atoms with E-state index in [4.69, 9.17) is 28.4 Å². The van der Waals surface area contributed by atoms with Gasteiger partial charge in [-0.25, -0.2) is 0 Å². The van der Waals surface area contributed by atoms with Crippen molar-refractivity contribution in [1.29, 1.82) is 0 Å². The average Bonchev–Trinajstić information content (AvgIpc) is 3.43. The number of ether oxygens (including phenoxy) is 6. The fourth-order valence-electron chi connectivity index (χ4n) is 7.03. The van der Waals surface area contributed by atoms with E-state index in [0.717, 1.165) is 25.7 Å². The van der Waals surface area contributed by atoms with Crippen LogP contribution >= 0.6 is 0 Å². The van der Waals surface area contributed by atoms with Gasteiger partial charge in [0.25, 0.3) is 0 Å². The maximum Gasteiger partial charge on any atom is 0.311 e. The molecule has 1 saturated carbocycles. The molecule has 0 bridgehead atoms. The number of fused-ring (bicyclic) bond motifs is 2. The first kappa shape index (κ1) is 21.1. The normalized spacial score (nSPS) is 46.1. The number of likely N-dealkylation sites (tertiary alicyclic amines) is 1. The van der Waals surface area contributed by atoms with Crippen molar-refractivity contribution in [1.82, 2.24) is 4.90 Å². The molecule has 6 atom stereocenters. The van der Waals surface area contributed by atoms with Gasteiger partial charge < -0.3 is 28.4 Å². The van der Waals surface area contributed by atoms with Crippen molar-refractivity contribution in [2.75, 3.05) is 27.3 Å². The van der Waals surface area contributed by atoms with E-state index in [0.29, 0.717) is 13.2 Å². The second-order valence-electron chi connectivity index (χ2n) is 10.6. The van der Waals surface area contributed by atoms with E-state index in [2.05, 4.69) is 11.9 Å². The number of hydrogen-bond acceptors (Lipinski definition) is 8. The van der Waals surface area contributed by atoms with Crippen LogP contribution in [0.15, 0.2) is 0 Å². The summed E-state index contributed by atoms with van der Waals surface area (Å²) in [6.45, 7) is 8.68. The molecular formula is C22H35NO7. The van der Waals surface area contributed by atoms with Crippen LogP contribution in [0.3, 0.4) is 0 Å². The summed E-state index contributed by atoms with van der Waals surface area (Å²) in [4.78, 5) is 15.8. The third kappa shape index (κ3) is 2.77. The van der Waals surface area contributed by atoms with Gasteiger partial charge >= 0.3 is 5.97 Å². The van der Waals surface area contributed by atoms with Crippen LogP contribution in [0.5, 0.6) is 0 Å². The monoisotopic (exact) mass is 425 g/mol. The fourth-order valence-corrected chi connectivity index (χ4v) is 7.03. The first-order chi connectivity index (χ1) is 14.0. The number of nitrogens with zero attached hydrogens (tertiary/aromatic N) is 1. The summed E-state index contributed by atoms with van der Waals surface area (Å²) in [6, 6.07) is 0. The minimum atomic E-state index is -0.774. The molecule has 5 fully saturated rings. The van der Waals surface area contributed by atoms with Crippen LogP contribution in [0.25, 0.3) is 0 Å². The average molecular weight is 426 g/mol. The van der Waals surface area contributed by atoms with Gasteiger partial charge in [-0.2, -0.15) is 0 Å². The Morgan fingerprint density at radius 3 is 2.30 bits per heavy atom. The minimum Gasteiger partial charge on any atom is -0.469 e. The molecule has 0 N–H and O–H groups in total. The Bertz CT molecular complexity index is 718. The largest absolute Gasteiger partial charge is 0.469 e. The number of carbonyl (C=O) groups is 1. The number of methoxy groups -OCH3 is 1. The van der Waals surface area contributed by atoms with E-state index in [1.807, 2.05) is 27.7 Å². The zero-order valence-corrected chi connectivity index (χ0v) is 18.9. The third-order valence-electron chi connectivity index (χ3n) is 8.02. The van der Waals surface area contributed by atoms with Crippen molar-refractivity contribution in [3.8, 4) is 0 Å². The van der Waals surface area contributed by atoms with Gasteiger partial charge in [-0.15, -0.1) is 0 Å². The molecule has 5 aliphatic rings. The zero-order chi connectivity index (χ0) is 21.5. The molecule has 1 aliphatic carbocycles. The van der Waals surface area contributed by atoms with E-state index >= 15 is 0 Å².